The maximum Gasteiger partial charge on any atom is 0.258 e. The summed E-state index contributed by atoms with van der Waals surface area (Å²) in [7, 11) is 0. The zero-order valence-corrected chi connectivity index (χ0v) is 16.8. The topological polar surface area (TPSA) is 62.5 Å². The van der Waals surface area contributed by atoms with Crippen molar-refractivity contribution >= 4 is 17.7 Å². The maximum absolute atomic E-state index is 13.2. The molecule has 2 aromatic heterocycles. The summed E-state index contributed by atoms with van der Waals surface area (Å²) >= 11 is 1.48. The van der Waals surface area contributed by atoms with E-state index in [4.69, 9.17) is 4.42 Å². The number of carbonyl (C=O) groups excluding carboxylic acids is 1. The van der Waals surface area contributed by atoms with Gasteiger partial charge in [0.05, 0.1) is 17.5 Å². The molecule has 4 rings (SSSR count). The van der Waals surface area contributed by atoms with E-state index in [-0.39, 0.29) is 5.91 Å². The molecule has 7 heteroatoms. The van der Waals surface area contributed by atoms with Crippen LogP contribution in [0.5, 0.6) is 0 Å². The monoisotopic (exact) mass is 386 g/mol. The molecule has 0 bridgehead atoms. The summed E-state index contributed by atoms with van der Waals surface area (Å²) in [5, 5.41) is 0.720. The van der Waals surface area contributed by atoms with Crippen molar-refractivity contribution in [1.82, 2.24) is 19.8 Å². The van der Waals surface area contributed by atoms with E-state index in [0.29, 0.717) is 22.8 Å². The van der Waals surface area contributed by atoms with Gasteiger partial charge in [-0.25, -0.2) is 9.97 Å². The van der Waals surface area contributed by atoms with E-state index in [9.17, 15) is 4.79 Å². The van der Waals surface area contributed by atoms with Crippen LogP contribution in [0.2, 0.25) is 0 Å². The Kier molecular flexibility index (Phi) is 5.50. The van der Waals surface area contributed by atoms with Crippen LogP contribution in [0, 0.1) is 6.92 Å². The molecule has 0 N–H and O–H groups in total. The van der Waals surface area contributed by atoms with Crippen LogP contribution in [-0.4, -0.2) is 64.2 Å². The minimum atomic E-state index is 0.0499. The van der Waals surface area contributed by atoms with Gasteiger partial charge < -0.3 is 9.32 Å². The Morgan fingerprint density at radius 3 is 2.56 bits per heavy atom. The predicted molar refractivity (Wildman–Crippen MR) is 106 cm³/mol. The molecule has 1 aliphatic carbocycles. The molecule has 144 valence electrons. The van der Waals surface area contributed by atoms with Crippen molar-refractivity contribution in [2.75, 3.05) is 32.4 Å². The van der Waals surface area contributed by atoms with Crippen LogP contribution in [0.4, 0.5) is 0 Å². The molecule has 1 saturated heterocycles. The normalized spacial score (nSPS) is 19.0. The SMILES string of the molecule is CSc1nc(-c2ccco2)nc(C)c1C(=O)N1CCN(C2CCCC2)CC1. The van der Waals surface area contributed by atoms with Crippen molar-refractivity contribution < 1.29 is 9.21 Å². The first-order chi connectivity index (χ1) is 13.2. The fraction of sp³-hybridized carbons (Fsp3) is 0.550. The smallest absolute Gasteiger partial charge is 0.258 e. The zero-order chi connectivity index (χ0) is 18.8. The average molecular weight is 387 g/mol. The van der Waals surface area contributed by atoms with E-state index < -0.39 is 0 Å². The summed E-state index contributed by atoms with van der Waals surface area (Å²) in [5.41, 5.74) is 1.34. The van der Waals surface area contributed by atoms with Crippen molar-refractivity contribution in [2.45, 2.75) is 43.7 Å². The second-order valence-electron chi connectivity index (χ2n) is 7.26. The fourth-order valence-corrected chi connectivity index (χ4v) is 4.79. The first kappa shape index (κ1) is 18.5. The number of aryl methyl sites for hydroxylation is 1. The molecule has 0 aromatic carbocycles. The Labute approximate surface area is 164 Å². The number of aromatic nitrogens is 2. The number of nitrogens with zero attached hydrogens (tertiary/aromatic N) is 4. The Balaban J connectivity index is 1.51. The van der Waals surface area contributed by atoms with Gasteiger partial charge in [0.15, 0.2) is 11.6 Å². The molecular weight excluding hydrogens is 360 g/mol. The molecule has 3 heterocycles. The molecule has 27 heavy (non-hydrogen) atoms. The molecule has 0 atom stereocenters. The number of carbonyl (C=O) groups is 1. The van der Waals surface area contributed by atoms with E-state index in [1.807, 2.05) is 30.2 Å². The van der Waals surface area contributed by atoms with Crippen LogP contribution >= 0.6 is 11.8 Å². The first-order valence-corrected chi connectivity index (χ1v) is 10.9. The number of piperazine rings is 1. The van der Waals surface area contributed by atoms with E-state index in [2.05, 4.69) is 14.9 Å². The second-order valence-corrected chi connectivity index (χ2v) is 8.06. The lowest BCUT2D eigenvalue weighted by molar-refractivity contribution is 0.0568. The fourth-order valence-electron chi connectivity index (χ4n) is 4.17. The van der Waals surface area contributed by atoms with Crippen LogP contribution in [0.3, 0.4) is 0 Å². The number of hydrogen-bond donors (Lipinski definition) is 0. The number of rotatable bonds is 4. The van der Waals surface area contributed by atoms with Gasteiger partial charge in [0.2, 0.25) is 0 Å². The third-order valence-corrected chi connectivity index (χ3v) is 6.33. The van der Waals surface area contributed by atoms with Gasteiger partial charge in [-0.3, -0.25) is 9.69 Å². The van der Waals surface area contributed by atoms with Crippen molar-refractivity contribution in [1.29, 1.82) is 0 Å². The average Bonchev–Trinajstić information content (AvgIpc) is 3.41. The largest absolute Gasteiger partial charge is 0.461 e. The maximum atomic E-state index is 13.2. The van der Waals surface area contributed by atoms with Crippen LogP contribution in [0.1, 0.15) is 41.7 Å². The highest BCUT2D eigenvalue weighted by atomic mass is 32.2. The zero-order valence-electron chi connectivity index (χ0n) is 16.0. The summed E-state index contributed by atoms with van der Waals surface area (Å²) in [6, 6.07) is 4.37. The molecule has 2 aliphatic rings. The van der Waals surface area contributed by atoms with Crippen LogP contribution in [0.15, 0.2) is 27.8 Å². The highest BCUT2D eigenvalue weighted by Gasteiger charge is 2.30. The van der Waals surface area contributed by atoms with Crippen LogP contribution in [-0.2, 0) is 0 Å². The molecule has 1 amide bonds. The van der Waals surface area contributed by atoms with E-state index in [1.165, 1.54) is 37.4 Å². The van der Waals surface area contributed by atoms with Crippen LogP contribution in [0.25, 0.3) is 11.6 Å². The summed E-state index contributed by atoms with van der Waals surface area (Å²) in [4.78, 5) is 26.9. The van der Waals surface area contributed by atoms with Gasteiger partial charge in [0, 0.05) is 32.2 Å². The van der Waals surface area contributed by atoms with Gasteiger partial charge in [-0.15, -0.1) is 11.8 Å². The Bertz CT molecular complexity index is 795. The van der Waals surface area contributed by atoms with Gasteiger partial charge in [-0.1, -0.05) is 12.8 Å². The van der Waals surface area contributed by atoms with E-state index in [1.54, 1.807) is 6.26 Å². The highest BCUT2D eigenvalue weighted by Crippen LogP contribution is 2.28. The van der Waals surface area contributed by atoms with Gasteiger partial charge >= 0.3 is 0 Å². The first-order valence-electron chi connectivity index (χ1n) is 9.67. The number of amides is 1. The number of furan rings is 1. The lowest BCUT2D eigenvalue weighted by Crippen LogP contribution is -2.51. The van der Waals surface area contributed by atoms with Crippen molar-refractivity contribution in [3.8, 4) is 11.6 Å². The summed E-state index contributed by atoms with van der Waals surface area (Å²) in [5.74, 6) is 1.20. The van der Waals surface area contributed by atoms with Crippen molar-refractivity contribution in [3.05, 3.63) is 29.7 Å². The molecule has 0 radical (unpaired) electrons. The minimum absolute atomic E-state index is 0.0499. The van der Waals surface area contributed by atoms with Gasteiger partial charge in [0.25, 0.3) is 5.91 Å². The van der Waals surface area contributed by atoms with E-state index in [0.717, 1.165) is 37.2 Å². The summed E-state index contributed by atoms with van der Waals surface area (Å²) < 4.78 is 5.42. The van der Waals surface area contributed by atoms with Gasteiger partial charge in [0.1, 0.15) is 5.03 Å². The highest BCUT2D eigenvalue weighted by molar-refractivity contribution is 7.98. The van der Waals surface area contributed by atoms with Gasteiger partial charge in [-0.2, -0.15) is 0 Å². The summed E-state index contributed by atoms with van der Waals surface area (Å²) in [6.07, 6.45) is 8.87. The van der Waals surface area contributed by atoms with Crippen molar-refractivity contribution in [3.63, 3.8) is 0 Å². The third kappa shape index (κ3) is 3.75. The third-order valence-electron chi connectivity index (χ3n) is 5.65. The molecule has 0 spiro atoms. The lowest BCUT2D eigenvalue weighted by atomic mass is 10.1. The lowest BCUT2D eigenvalue weighted by Gasteiger charge is -2.38. The molecule has 2 aromatic rings. The quantitative estimate of drug-likeness (QED) is 0.592. The molecular formula is C20H26N4O2S. The molecule has 2 fully saturated rings. The Morgan fingerprint density at radius 2 is 1.93 bits per heavy atom. The molecule has 1 saturated carbocycles. The predicted octanol–water partition coefficient (Wildman–Crippen LogP) is 3.47. The van der Waals surface area contributed by atoms with Crippen molar-refractivity contribution in [2.24, 2.45) is 0 Å². The van der Waals surface area contributed by atoms with E-state index >= 15 is 0 Å². The standard InChI is InChI=1S/C20H26N4O2S/c1-14-17(19(27-2)22-18(21-14)16-8-5-13-26-16)20(25)24-11-9-23(10-12-24)15-6-3-4-7-15/h5,8,13,15H,3-4,6-7,9-12H2,1-2H3. The number of thioether (sulfide) groups is 1. The Hall–Kier alpha value is -1.86. The molecule has 0 unspecified atom stereocenters. The number of hydrogen-bond acceptors (Lipinski definition) is 6. The van der Waals surface area contributed by atoms with Crippen LogP contribution < -0.4 is 0 Å². The molecule has 1 aliphatic heterocycles. The molecule has 6 nitrogen and oxygen atoms in total. The summed E-state index contributed by atoms with van der Waals surface area (Å²) in [6.45, 7) is 5.38. The minimum Gasteiger partial charge on any atom is -0.461 e. The van der Waals surface area contributed by atoms with Gasteiger partial charge in [-0.05, 0) is 38.2 Å². The Morgan fingerprint density at radius 1 is 1.19 bits per heavy atom. The second kappa shape index (κ2) is 8.02.